The van der Waals surface area contributed by atoms with Crippen molar-refractivity contribution >= 4 is 5.84 Å². The van der Waals surface area contributed by atoms with Crippen LogP contribution in [0.3, 0.4) is 0 Å². The third-order valence-electron chi connectivity index (χ3n) is 2.83. The molecule has 0 aromatic rings. The third kappa shape index (κ3) is 26.2. The van der Waals surface area contributed by atoms with Gasteiger partial charge >= 0.3 is 0 Å². The molecule has 0 heterocycles. The summed E-state index contributed by atoms with van der Waals surface area (Å²) in [6, 6.07) is 3.94. The van der Waals surface area contributed by atoms with Crippen molar-refractivity contribution in [3.8, 4) is 12.1 Å². The number of nitrogens with two attached hydrogens (primary N) is 2. The van der Waals surface area contributed by atoms with Crippen LogP contribution < -0.4 is 16.9 Å². The number of nitrogens with one attached hydrogen (secondary N) is 1. The Morgan fingerprint density at radius 1 is 0.893 bits per heavy atom. The third-order valence-corrected chi connectivity index (χ3v) is 2.83. The molecule has 0 saturated heterocycles. The Bertz CT molecular complexity index is 420. The standard InChI is InChI=1S/C8H20N4O4.C8H12N2O2/c9-7(11-13)1-3-15-5-6-16-4-2-8(10)12-14;9-3-1-5-11-7-8-12-6-2-4-10/h7,11,13-14H,1-6,9H2,(H2,10,12);1-2,5-8H2. The molecular formula is C16H32N6O6. The maximum absolute atomic E-state index is 8.38. The van der Waals surface area contributed by atoms with E-state index < -0.39 is 6.17 Å². The molecule has 0 rings (SSSR count). The lowest BCUT2D eigenvalue weighted by Crippen LogP contribution is -2.35. The highest BCUT2D eigenvalue weighted by Gasteiger charge is 1.98. The summed E-state index contributed by atoms with van der Waals surface area (Å²) >= 11 is 0. The number of amidine groups is 1. The minimum absolute atomic E-state index is 0.140. The Morgan fingerprint density at radius 3 is 1.79 bits per heavy atom. The van der Waals surface area contributed by atoms with Crippen LogP contribution in [0.5, 0.6) is 0 Å². The van der Waals surface area contributed by atoms with Crippen LogP contribution in [0.4, 0.5) is 0 Å². The van der Waals surface area contributed by atoms with Crippen molar-refractivity contribution < 1.29 is 29.4 Å². The Hall–Kier alpha value is -2.03. The Kier molecular flexibility index (Phi) is 25.1. The highest BCUT2D eigenvalue weighted by atomic mass is 16.5. The van der Waals surface area contributed by atoms with Crippen molar-refractivity contribution in [2.75, 3.05) is 52.9 Å². The molecule has 162 valence electrons. The summed E-state index contributed by atoms with van der Waals surface area (Å²) in [4.78, 5) is 0. The zero-order chi connectivity index (χ0) is 21.3. The molecule has 0 aliphatic carbocycles. The van der Waals surface area contributed by atoms with Crippen LogP contribution in [0.25, 0.3) is 0 Å². The van der Waals surface area contributed by atoms with Crippen LogP contribution in [-0.2, 0) is 18.9 Å². The van der Waals surface area contributed by atoms with E-state index in [0.717, 1.165) is 0 Å². The van der Waals surface area contributed by atoms with E-state index >= 15 is 0 Å². The van der Waals surface area contributed by atoms with Gasteiger partial charge in [0, 0.05) is 19.4 Å². The molecule has 0 bridgehead atoms. The first kappa shape index (κ1) is 28.2. The largest absolute Gasteiger partial charge is 0.409 e. The summed E-state index contributed by atoms with van der Waals surface area (Å²) in [7, 11) is 0. The highest BCUT2D eigenvalue weighted by molar-refractivity contribution is 5.79. The van der Waals surface area contributed by atoms with Gasteiger partial charge in [-0.2, -0.15) is 16.0 Å². The second-order valence-electron chi connectivity index (χ2n) is 5.13. The summed E-state index contributed by atoms with van der Waals surface area (Å²) in [6.07, 6.45) is 1.26. The first-order valence-electron chi connectivity index (χ1n) is 8.78. The maximum Gasteiger partial charge on any atom is 0.141 e. The quantitative estimate of drug-likeness (QED) is 0.0529. The molecule has 1 atom stereocenters. The van der Waals surface area contributed by atoms with Gasteiger partial charge in [0.1, 0.15) is 5.84 Å². The first-order chi connectivity index (χ1) is 13.6. The summed E-state index contributed by atoms with van der Waals surface area (Å²) < 4.78 is 20.4. The van der Waals surface area contributed by atoms with Crippen LogP contribution in [0.1, 0.15) is 25.7 Å². The summed E-state index contributed by atoms with van der Waals surface area (Å²) in [5, 5.41) is 35.7. The Balaban J connectivity index is 0. The SMILES string of the molecule is N#CCCOCCOCCC#N.N/C(CCOCCOCCC(N)NO)=N\O. The fraction of sp³-hybridized carbons (Fsp3) is 0.812. The average Bonchev–Trinajstić information content (AvgIpc) is 2.72. The van der Waals surface area contributed by atoms with Gasteiger partial charge in [0.2, 0.25) is 0 Å². The molecule has 0 saturated carbocycles. The van der Waals surface area contributed by atoms with E-state index in [1.807, 2.05) is 17.6 Å². The molecule has 12 nitrogen and oxygen atoms in total. The van der Waals surface area contributed by atoms with Crippen molar-refractivity contribution in [2.45, 2.75) is 31.8 Å². The van der Waals surface area contributed by atoms with Gasteiger partial charge in [-0.25, -0.2) is 0 Å². The van der Waals surface area contributed by atoms with Gasteiger partial charge in [0.15, 0.2) is 0 Å². The zero-order valence-corrected chi connectivity index (χ0v) is 16.1. The van der Waals surface area contributed by atoms with Gasteiger partial charge in [0.05, 0.1) is 77.4 Å². The summed E-state index contributed by atoms with van der Waals surface area (Å²) in [6.45, 7) is 3.60. The number of rotatable bonds is 17. The minimum Gasteiger partial charge on any atom is -0.409 e. The van der Waals surface area contributed by atoms with Crippen LogP contribution in [0.15, 0.2) is 5.16 Å². The molecule has 1 unspecified atom stereocenters. The molecule has 0 fully saturated rings. The number of hydrogen-bond acceptors (Lipinski definition) is 11. The van der Waals surface area contributed by atoms with Crippen molar-refractivity contribution in [3.63, 3.8) is 0 Å². The van der Waals surface area contributed by atoms with E-state index in [-0.39, 0.29) is 5.84 Å². The van der Waals surface area contributed by atoms with E-state index in [2.05, 4.69) is 5.16 Å². The van der Waals surface area contributed by atoms with Gasteiger partial charge < -0.3 is 40.8 Å². The number of oxime groups is 1. The Labute approximate surface area is 165 Å². The number of nitriles is 2. The normalized spacial score (nSPS) is 11.8. The van der Waals surface area contributed by atoms with Crippen LogP contribution in [0.2, 0.25) is 0 Å². The van der Waals surface area contributed by atoms with Crippen molar-refractivity contribution in [3.05, 3.63) is 0 Å². The van der Waals surface area contributed by atoms with E-state index in [4.69, 9.17) is 51.4 Å². The fourth-order valence-corrected chi connectivity index (χ4v) is 1.38. The lowest BCUT2D eigenvalue weighted by molar-refractivity contribution is 0.0385. The number of ether oxygens (including phenoxy) is 4. The number of hydroxylamine groups is 1. The molecule has 0 amide bonds. The van der Waals surface area contributed by atoms with E-state index in [1.165, 1.54) is 0 Å². The molecule has 0 spiro atoms. The van der Waals surface area contributed by atoms with Crippen molar-refractivity contribution in [2.24, 2.45) is 16.6 Å². The van der Waals surface area contributed by atoms with E-state index in [0.29, 0.717) is 78.5 Å². The molecule has 0 aromatic heterocycles. The van der Waals surface area contributed by atoms with Gasteiger partial charge in [-0.15, -0.1) is 0 Å². The molecule has 0 radical (unpaired) electrons. The van der Waals surface area contributed by atoms with Crippen LogP contribution in [-0.4, -0.2) is 75.3 Å². The lowest BCUT2D eigenvalue weighted by atomic mass is 10.4. The molecule has 7 N–H and O–H groups in total. The van der Waals surface area contributed by atoms with Gasteiger partial charge in [0.25, 0.3) is 0 Å². The average molecular weight is 404 g/mol. The van der Waals surface area contributed by atoms with Gasteiger partial charge in [-0.1, -0.05) is 5.16 Å². The predicted molar refractivity (Wildman–Crippen MR) is 99.3 cm³/mol. The molecule has 0 aromatic carbocycles. The molecule has 28 heavy (non-hydrogen) atoms. The molecule has 12 heteroatoms. The summed E-state index contributed by atoms with van der Waals surface area (Å²) in [5.74, 6) is 0.140. The topological polar surface area (TPSA) is 201 Å². The molecule has 0 aliphatic rings. The van der Waals surface area contributed by atoms with Gasteiger partial charge in [-0.05, 0) is 0 Å². The maximum atomic E-state index is 8.38. The number of nitrogens with zero attached hydrogens (tertiary/aromatic N) is 3. The van der Waals surface area contributed by atoms with Crippen LogP contribution in [0, 0.1) is 22.7 Å². The first-order valence-corrected chi connectivity index (χ1v) is 8.78. The molecule has 0 aliphatic heterocycles. The predicted octanol–water partition coefficient (Wildman–Crippen LogP) is -0.343. The molecular weight excluding hydrogens is 372 g/mol. The fourth-order valence-electron chi connectivity index (χ4n) is 1.38. The second-order valence-corrected chi connectivity index (χ2v) is 5.13. The monoisotopic (exact) mass is 404 g/mol. The Morgan fingerprint density at radius 2 is 1.36 bits per heavy atom. The zero-order valence-electron chi connectivity index (χ0n) is 16.1. The van der Waals surface area contributed by atoms with Crippen molar-refractivity contribution in [1.82, 2.24) is 5.48 Å². The van der Waals surface area contributed by atoms with E-state index in [9.17, 15) is 0 Å². The summed E-state index contributed by atoms with van der Waals surface area (Å²) in [5.41, 5.74) is 12.5. The van der Waals surface area contributed by atoms with Crippen molar-refractivity contribution in [1.29, 1.82) is 10.5 Å². The smallest absolute Gasteiger partial charge is 0.141 e. The lowest BCUT2D eigenvalue weighted by Gasteiger charge is -2.09. The van der Waals surface area contributed by atoms with E-state index in [1.54, 1.807) is 0 Å². The van der Waals surface area contributed by atoms with Gasteiger partial charge in [-0.3, -0.25) is 0 Å². The minimum atomic E-state index is -0.471. The highest BCUT2D eigenvalue weighted by Crippen LogP contribution is 1.87. The van der Waals surface area contributed by atoms with Crippen LogP contribution >= 0.6 is 0 Å². The second kappa shape index (κ2) is 25.0. The number of hydrogen-bond donors (Lipinski definition) is 5.